The summed E-state index contributed by atoms with van der Waals surface area (Å²) in [5.74, 6) is -0.0753. The van der Waals surface area contributed by atoms with Crippen LogP contribution < -0.4 is 5.32 Å². The molecule has 0 radical (unpaired) electrons. The number of carbonyl (C=O) groups excluding carboxylic acids is 1. The molecule has 3 rings (SSSR count). The molecule has 0 saturated carbocycles. The zero-order valence-corrected chi connectivity index (χ0v) is 11.8. The maximum Gasteiger partial charge on any atom is 0.251 e. The van der Waals surface area contributed by atoms with E-state index >= 15 is 0 Å². The van der Waals surface area contributed by atoms with Crippen LogP contribution in [0.5, 0.6) is 0 Å². The minimum atomic E-state index is -0.0753. The zero-order chi connectivity index (χ0) is 14.7. The van der Waals surface area contributed by atoms with Gasteiger partial charge in [-0.25, -0.2) is 0 Å². The molecule has 0 spiro atoms. The Morgan fingerprint density at radius 1 is 1.05 bits per heavy atom. The van der Waals surface area contributed by atoms with Gasteiger partial charge in [-0.2, -0.15) is 0 Å². The molecule has 0 aliphatic rings. The number of carbonyl (C=O) groups is 1. The van der Waals surface area contributed by atoms with Crippen molar-refractivity contribution in [3.05, 3.63) is 77.6 Å². The van der Waals surface area contributed by atoms with Gasteiger partial charge >= 0.3 is 0 Å². The standard InChI is InChI=1S/C18H16N2O/c1-13-10-17(8-9-19-13)18(21)20-12-14-6-7-15-4-2-3-5-16(15)11-14/h2-11H,12H2,1H3,(H,20,21). The van der Waals surface area contributed by atoms with Crippen LogP contribution >= 0.6 is 0 Å². The number of benzene rings is 2. The summed E-state index contributed by atoms with van der Waals surface area (Å²) in [4.78, 5) is 16.2. The molecule has 104 valence electrons. The minimum Gasteiger partial charge on any atom is -0.348 e. The number of aromatic nitrogens is 1. The SMILES string of the molecule is Cc1cc(C(=O)NCc2ccc3ccccc3c2)ccn1. The second-order valence-electron chi connectivity index (χ2n) is 5.05. The molecule has 1 heterocycles. The molecule has 1 N–H and O–H groups in total. The number of nitrogens with zero attached hydrogens (tertiary/aromatic N) is 1. The number of rotatable bonds is 3. The quantitative estimate of drug-likeness (QED) is 0.796. The molecule has 0 aliphatic carbocycles. The van der Waals surface area contributed by atoms with Crippen LogP contribution in [0.4, 0.5) is 0 Å². The summed E-state index contributed by atoms with van der Waals surface area (Å²) < 4.78 is 0. The molecule has 0 unspecified atom stereocenters. The Morgan fingerprint density at radius 3 is 2.67 bits per heavy atom. The molecule has 0 bridgehead atoms. The van der Waals surface area contributed by atoms with Crippen molar-refractivity contribution >= 4 is 16.7 Å². The normalized spacial score (nSPS) is 10.5. The van der Waals surface area contributed by atoms with Crippen molar-refractivity contribution in [2.45, 2.75) is 13.5 Å². The molecular weight excluding hydrogens is 260 g/mol. The Balaban J connectivity index is 1.72. The van der Waals surface area contributed by atoms with Gasteiger partial charge in [-0.15, -0.1) is 0 Å². The monoisotopic (exact) mass is 276 g/mol. The highest BCUT2D eigenvalue weighted by molar-refractivity contribution is 5.94. The van der Waals surface area contributed by atoms with Crippen molar-refractivity contribution in [2.75, 3.05) is 0 Å². The Labute approximate surface area is 123 Å². The summed E-state index contributed by atoms with van der Waals surface area (Å²) >= 11 is 0. The molecule has 3 heteroatoms. The van der Waals surface area contributed by atoms with Crippen molar-refractivity contribution in [2.24, 2.45) is 0 Å². The molecule has 3 aromatic rings. The highest BCUT2D eigenvalue weighted by Crippen LogP contribution is 2.15. The average Bonchev–Trinajstić information content (AvgIpc) is 2.52. The van der Waals surface area contributed by atoms with Crippen molar-refractivity contribution in [1.82, 2.24) is 10.3 Å². The van der Waals surface area contributed by atoms with Crippen LogP contribution in [-0.2, 0) is 6.54 Å². The molecular formula is C18H16N2O. The lowest BCUT2D eigenvalue weighted by molar-refractivity contribution is 0.0950. The van der Waals surface area contributed by atoms with E-state index in [-0.39, 0.29) is 5.91 Å². The summed E-state index contributed by atoms with van der Waals surface area (Å²) in [5.41, 5.74) is 2.57. The molecule has 0 saturated heterocycles. The third-order valence-electron chi connectivity index (χ3n) is 3.43. The number of fused-ring (bicyclic) bond motifs is 1. The fraction of sp³-hybridized carbons (Fsp3) is 0.111. The molecule has 1 amide bonds. The summed E-state index contributed by atoms with van der Waals surface area (Å²) in [5, 5.41) is 5.33. The molecule has 0 fully saturated rings. The van der Waals surface area contributed by atoms with E-state index in [9.17, 15) is 4.79 Å². The van der Waals surface area contributed by atoms with Crippen molar-refractivity contribution < 1.29 is 4.79 Å². The lowest BCUT2D eigenvalue weighted by Crippen LogP contribution is -2.22. The molecule has 0 aliphatic heterocycles. The summed E-state index contributed by atoms with van der Waals surface area (Å²) in [6, 6.07) is 17.9. The first-order valence-electron chi connectivity index (χ1n) is 6.91. The van der Waals surface area contributed by atoms with Crippen molar-refractivity contribution in [1.29, 1.82) is 0 Å². The van der Waals surface area contributed by atoms with Crippen LogP contribution in [0.25, 0.3) is 10.8 Å². The summed E-state index contributed by atoms with van der Waals surface area (Å²) in [6.07, 6.45) is 1.65. The molecule has 3 nitrogen and oxygen atoms in total. The van der Waals surface area contributed by atoms with E-state index in [0.29, 0.717) is 12.1 Å². The third-order valence-corrected chi connectivity index (χ3v) is 3.43. The highest BCUT2D eigenvalue weighted by Gasteiger charge is 2.05. The van der Waals surface area contributed by atoms with Crippen molar-refractivity contribution in [3.8, 4) is 0 Å². The van der Waals surface area contributed by atoms with Crippen molar-refractivity contribution in [3.63, 3.8) is 0 Å². The summed E-state index contributed by atoms with van der Waals surface area (Å²) in [7, 11) is 0. The summed E-state index contributed by atoms with van der Waals surface area (Å²) in [6.45, 7) is 2.39. The minimum absolute atomic E-state index is 0.0753. The van der Waals surface area contributed by atoms with Crippen LogP contribution in [0.3, 0.4) is 0 Å². The van der Waals surface area contributed by atoms with Gasteiger partial charge in [-0.05, 0) is 41.5 Å². The number of hydrogen-bond acceptors (Lipinski definition) is 2. The fourth-order valence-electron chi connectivity index (χ4n) is 2.32. The molecule has 2 aromatic carbocycles. The van der Waals surface area contributed by atoms with E-state index in [1.807, 2.05) is 25.1 Å². The molecule has 0 atom stereocenters. The largest absolute Gasteiger partial charge is 0.348 e. The number of nitrogens with one attached hydrogen (secondary N) is 1. The van der Waals surface area contributed by atoms with Gasteiger partial charge in [0.2, 0.25) is 0 Å². The molecule has 21 heavy (non-hydrogen) atoms. The van der Waals surface area contributed by atoms with E-state index in [4.69, 9.17) is 0 Å². The maximum atomic E-state index is 12.1. The van der Waals surface area contributed by atoms with Gasteiger partial charge in [0.1, 0.15) is 0 Å². The highest BCUT2D eigenvalue weighted by atomic mass is 16.1. The van der Waals surface area contributed by atoms with Crippen LogP contribution in [0.2, 0.25) is 0 Å². The van der Waals surface area contributed by atoms with E-state index in [1.54, 1.807) is 18.3 Å². The topological polar surface area (TPSA) is 42.0 Å². The Kier molecular flexibility index (Phi) is 3.65. The van der Waals surface area contributed by atoms with Gasteiger partial charge in [0.05, 0.1) is 0 Å². The lowest BCUT2D eigenvalue weighted by Gasteiger charge is -2.07. The Morgan fingerprint density at radius 2 is 1.86 bits per heavy atom. The number of amides is 1. The second-order valence-corrected chi connectivity index (χ2v) is 5.05. The first kappa shape index (κ1) is 13.3. The lowest BCUT2D eigenvalue weighted by atomic mass is 10.1. The average molecular weight is 276 g/mol. The first-order valence-corrected chi connectivity index (χ1v) is 6.91. The van der Waals surface area contributed by atoms with Gasteiger partial charge in [-0.3, -0.25) is 9.78 Å². The predicted molar refractivity (Wildman–Crippen MR) is 84.1 cm³/mol. The van der Waals surface area contributed by atoms with Gasteiger partial charge < -0.3 is 5.32 Å². The Hall–Kier alpha value is -2.68. The fourth-order valence-corrected chi connectivity index (χ4v) is 2.32. The van der Waals surface area contributed by atoms with E-state index in [1.165, 1.54) is 10.8 Å². The van der Waals surface area contributed by atoms with Crippen LogP contribution in [0, 0.1) is 6.92 Å². The van der Waals surface area contributed by atoms with E-state index in [2.05, 4.69) is 34.6 Å². The first-order chi connectivity index (χ1) is 10.2. The van der Waals surface area contributed by atoms with E-state index in [0.717, 1.165) is 11.3 Å². The van der Waals surface area contributed by atoms with Gasteiger partial charge in [0.15, 0.2) is 0 Å². The van der Waals surface area contributed by atoms with Crippen LogP contribution in [0.15, 0.2) is 60.8 Å². The van der Waals surface area contributed by atoms with Gasteiger partial charge in [0.25, 0.3) is 5.91 Å². The van der Waals surface area contributed by atoms with Crippen LogP contribution in [-0.4, -0.2) is 10.9 Å². The second kappa shape index (κ2) is 5.75. The number of pyridine rings is 1. The van der Waals surface area contributed by atoms with Gasteiger partial charge in [0, 0.05) is 24.0 Å². The van der Waals surface area contributed by atoms with Gasteiger partial charge in [-0.1, -0.05) is 36.4 Å². The zero-order valence-electron chi connectivity index (χ0n) is 11.8. The van der Waals surface area contributed by atoms with E-state index < -0.39 is 0 Å². The number of aryl methyl sites for hydroxylation is 1. The maximum absolute atomic E-state index is 12.1. The Bertz CT molecular complexity index is 796. The molecule has 1 aromatic heterocycles. The third kappa shape index (κ3) is 3.08. The predicted octanol–water partition coefficient (Wildman–Crippen LogP) is 3.47. The van der Waals surface area contributed by atoms with Crippen LogP contribution in [0.1, 0.15) is 21.6 Å². The smallest absolute Gasteiger partial charge is 0.251 e. The number of hydrogen-bond donors (Lipinski definition) is 1.